The van der Waals surface area contributed by atoms with Crippen LogP contribution in [-0.4, -0.2) is 32.0 Å². The van der Waals surface area contributed by atoms with Crippen LogP contribution < -0.4 is 10.6 Å². The van der Waals surface area contributed by atoms with Crippen LogP contribution in [0.2, 0.25) is 0 Å². The molecule has 0 saturated carbocycles. The average Bonchev–Trinajstić information content (AvgIpc) is 3.38. The Balaban J connectivity index is 1.65. The Hall–Kier alpha value is -3.49. The van der Waals surface area contributed by atoms with Crippen molar-refractivity contribution in [2.75, 3.05) is 11.1 Å². The Labute approximate surface area is 221 Å². The van der Waals surface area contributed by atoms with Gasteiger partial charge in [-0.05, 0) is 34.6 Å². The molecule has 0 radical (unpaired) electrons. The molecule has 1 heterocycles. The Morgan fingerprint density at radius 2 is 1.57 bits per heavy atom. The highest BCUT2D eigenvalue weighted by Gasteiger charge is 2.26. The molecular formula is C29H30N2O4S2. The van der Waals surface area contributed by atoms with Crippen LogP contribution in [0.3, 0.4) is 0 Å². The first kappa shape index (κ1) is 26.6. The van der Waals surface area contributed by atoms with Crippen LogP contribution in [0.5, 0.6) is 0 Å². The SMILES string of the molecule is CC(C)(C)CS(=O)(=O)c1cccc2c(NC(=O)[C@H](Cc3ccccc3)NC(=O)c3cccs3)cccc12. The van der Waals surface area contributed by atoms with Gasteiger partial charge in [0, 0.05) is 22.9 Å². The summed E-state index contributed by atoms with van der Waals surface area (Å²) in [4.78, 5) is 27.0. The molecule has 1 atom stereocenters. The van der Waals surface area contributed by atoms with E-state index in [2.05, 4.69) is 10.6 Å². The van der Waals surface area contributed by atoms with Crippen molar-refractivity contribution in [2.24, 2.45) is 5.41 Å². The fourth-order valence-corrected chi connectivity index (χ4v) is 6.95. The van der Waals surface area contributed by atoms with Gasteiger partial charge in [-0.3, -0.25) is 9.59 Å². The second kappa shape index (κ2) is 10.9. The van der Waals surface area contributed by atoms with Crippen LogP contribution in [0, 0.1) is 5.41 Å². The molecule has 0 fully saturated rings. The highest BCUT2D eigenvalue weighted by atomic mass is 32.2. The maximum atomic E-state index is 13.5. The van der Waals surface area contributed by atoms with Crippen molar-refractivity contribution < 1.29 is 18.0 Å². The normalized spacial score (nSPS) is 12.7. The van der Waals surface area contributed by atoms with Crippen molar-refractivity contribution >= 4 is 49.4 Å². The molecule has 192 valence electrons. The summed E-state index contributed by atoms with van der Waals surface area (Å²) in [6.45, 7) is 5.66. The Kier molecular flexibility index (Phi) is 7.80. The molecule has 8 heteroatoms. The van der Waals surface area contributed by atoms with E-state index in [4.69, 9.17) is 0 Å². The molecule has 4 rings (SSSR count). The number of hydrogen-bond acceptors (Lipinski definition) is 5. The van der Waals surface area contributed by atoms with Crippen LogP contribution in [0.15, 0.2) is 89.1 Å². The third kappa shape index (κ3) is 6.64. The molecule has 0 bridgehead atoms. The van der Waals surface area contributed by atoms with Crippen molar-refractivity contribution in [3.63, 3.8) is 0 Å². The molecule has 3 aromatic carbocycles. The van der Waals surface area contributed by atoms with Crippen LogP contribution in [0.1, 0.15) is 36.0 Å². The molecule has 2 amide bonds. The van der Waals surface area contributed by atoms with Gasteiger partial charge in [0.25, 0.3) is 5.91 Å². The zero-order chi connectivity index (χ0) is 26.6. The average molecular weight is 535 g/mol. The molecule has 0 aliphatic heterocycles. The van der Waals surface area contributed by atoms with Gasteiger partial charge in [0.15, 0.2) is 9.84 Å². The summed E-state index contributed by atoms with van der Waals surface area (Å²) in [6.07, 6.45) is 0.305. The number of fused-ring (bicyclic) bond motifs is 1. The van der Waals surface area contributed by atoms with Crippen molar-refractivity contribution in [3.05, 3.63) is 94.7 Å². The van der Waals surface area contributed by atoms with E-state index in [9.17, 15) is 18.0 Å². The van der Waals surface area contributed by atoms with Gasteiger partial charge in [0.05, 0.1) is 15.5 Å². The van der Waals surface area contributed by atoms with Gasteiger partial charge in [-0.1, -0.05) is 81.4 Å². The molecule has 1 aromatic heterocycles. The van der Waals surface area contributed by atoms with Crippen molar-refractivity contribution in [2.45, 2.75) is 38.1 Å². The lowest BCUT2D eigenvalue weighted by Gasteiger charge is -2.20. The number of nitrogens with one attached hydrogen (secondary N) is 2. The first-order valence-corrected chi connectivity index (χ1v) is 14.5. The lowest BCUT2D eigenvalue weighted by atomic mass is 10.0. The lowest BCUT2D eigenvalue weighted by Crippen LogP contribution is -2.45. The van der Waals surface area contributed by atoms with E-state index in [0.717, 1.165) is 5.56 Å². The third-order valence-electron chi connectivity index (χ3n) is 5.75. The largest absolute Gasteiger partial charge is 0.339 e. The number of carbonyl (C=O) groups is 2. The van der Waals surface area contributed by atoms with Crippen LogP contribution in [0.4, 0.5) is 5.69 Å². The van der Waals surface area contributed by atoms with E-state index in [1.165, 1.54) is 11.3 Å². The molecular weight excluding hydrogens is 504 g/mol. The predicted octanol–water partition coefficient (Wildman–Crippen LogP) is 5.70. The van der Waals surface area contributed by atoms with Crippen LogP contribution in [0.25, 0.3) is 10.8 Å². The zero-order valence-electron chi connectivity index (χ0n) is 21.0. The summed E-state index contributed by atoms with van der Waals surface area (Å²) in [5.41, 5.74) is 0.986. The number of thiophene rings is 1. The topological polar surface area (TPSA) is 92.3 Å². The molecule has 2 N–H and O–H groups in total. The summed E-state index contributed by atoms with van der Waals surface area (Å²) in [6, 6.07) is 22.4. The Morgan fingerprint density at radius 1 is 0.865 bits per heavy atom. The first-order valence-electron chi connectivity index (χ1n) is 12.0. The number of carbonyl (C=O) groups excluding carboxylic acids is 2. The van der Waals surface area contributed by atoms with Gasteiger partial charge in [-0.2, -0.15) is 0 Å². The zero-order valence-corrected chi connectivity index (χ0v) is 22.7. The molecule has 0 spiro atoms. The molecule has 4 aromatic rings. The molecule has 0 saturated heterocycles. The molecule has 0 unspecified atom stereocenters. The van der Waals surface area contributed by atoms with Gasteiger partial charge in [-0.25, -0.2) is 8.42 Å². The number of benzene rings is 3. The lowest BCUT2D eigenvalue weighted by molar-refractivity contribution is -0.118. The number of hydrogen-bond donors (Lipinski definition) is 2. The van der Waals surface area contributed by atoms with Crippen molar-refractivity contribution in [1.82, 2.24) is 5.32 Å². The highest BCUT2D eigenvalue weighted by Crippen LogP contribution is 2.31. The summed E-state index contributed by atoms with van der Waals surface area (Å²) in [5.74, 6) is -0.701. The summed E-state index contributed by atoms with van der Waals surface area (Å²) >= 11 is 1.30. The van der Waals surface area contributed by atoms with E-state index in [0.29, 0.717) is 27.8 Å². The van der Waals surface area contributed by atoms with Gasteiger partial charge in [0.1, 0.15) is 6.04 Å². The maximum absolute atomic E-state index is 13.5. The van der Waals surface area contributed by atoms with E-state index in [1.807, 2.05) is 56.5 Å². The van der Waals surface area contributed by atoms with E-state index in [-0.39, 0.29) is 22.5 Å². The fraction of sp³-hybridized carbons (Fsp3) is 0.241. The molecule has 6 nitrogen and oxygen atoms in total. The van der Waals surface area contributed by atoms with E-state index >= 15 is 0 Å². The van der Waals surface area contributed by atoms with E-state index in [1.54, 1.807) is 48.5 Å². The Bertz CT molecular complexity index is 1510. The fourth-order valence-electron chi connectivity index (χ4n) is 4.23. The number of rotatable bonds is 8. The van der Waals surface area contributed by atoms with Crippen molar-refractivity contribution in [3.8, 4) is 0 Å². The van der Waals surface area contributed by atoms with Crippen LogP contribution >= 0.6 is 11.3 Å². The predicted molar refractivity (Wildman–Crippen MR) is 150 cm³/mol. The summed E-state index contributed by atoms with van der Waals surface area (Å²) in [5, 5.41) is 8.77. The second-order valence-electron chi connectivity index (χ2n) is 10.2. The molecule has 37 heavy (non-hydrogen) atoms. The molecule has 0 aliphatic rings. The second-order valence-corrected chi connectivity index (χ2v) is 13.1. The van der Waals surface area contributed by atoms with Gasteiger partial charge in [0.2, 0.25) is 5.91 Å². The first-order chi connectivity index (χ1) is 17.5. The molecule has 0 aliphatic carbocycles. The minimum atomic E-state index is -3.56. The number of sulfone groups is 1. The van der Waals surface area contributed by atoms with Gasteiger partial charge >= 0.3 is 0 Å². The standard InChI is InChI=1S/C29H30N2O4S2/c1-29(2,3)19-37(34,35)26-16-8-12-21-22(26)13-7-14-23(21)30-27(32)24(18-20-10-5-4-6-11-20)31-28(33)25-15-9-17-36-25/h4-17,24H,18-19H2,1-3H3,(H,30,32)(H,31,33)/t24-/m0/s1. The van der Waals surface area contributed by atoms with Crippen molar-refractivity contribution in [1.29, 1.82) is 0 Å². The quantitative estimate of drug-likeness (QED) is 0.303. The number of amides is 2. The van der Waals surface area contributed by atoms with Gasteiger partial charge < -0.3 is 10.6 Å². The highest BCUT2D eigenvalue weighted by molar-refractivity contribution is 7.91. The Morgan fingerprint density at radius 3 is 2.24 bits per heavy atom. The van der Waals surface area contributed by atoms with E-state index < -0.39 is 21.3 Å². The summed E-state index contributed by atoms with van der Waals surface area (Å²) < 4.78 is 26.4. The van der Waals surface area contributed by atoms with Gasteiger partial charge in [-0.15, -0.1) is 11.3 Å². The minimum Gasteiger partial charge on any atom is -0.339 e. The third-order valence-corrected chi connectivity index (χ3v) is 8.89. The monoisotopic (exact) mass is 534 g/mol. The number of anilines is 1. The summed E-state index contributed by atoms with van der Waals surface area (Å²) in [7, 11) is -3.56. The smallest absolute Gasteiger partial charge is 0.262 e. The van der Waals surface area contributed by atoms with Crippen LogP contribution in [-0.2, 0) is 21.1 Å². The maximum Gasteiger partial charge on any atom is 0.262 e. The minimum absolute atomic E-state index is 0.00357.